The first-order valence-electron chi connectivity index (χ1n) is 5.89. The van der Waals surface area contributed by atoms with Gasteiger partial charge in [-0.2, -0.15) is 0 Å². The van der Waals surface area contributed by atoms with Crippen LogP contribution in [0.1, 0.15) is 41.0 Å². The number of hydrogen-bond acceptors (Lipinski definition) is 4. The van der Waals surface area contributed by atoms with Gasteiger partial charge in [0.15, 0.2) is 0 Å². The van der Waals surface area contributed by atoms with E-state index in [0.29, 0.717) is 6.42 Å². The molecule has 0 aromatic heterocycles. The Hall–Kier alpha value is -0.190. The summed E-state index contributed by atoms with van der Waals surface area (Å²) in [4.78, 5) is 0. The van der Waals surface area contributed by atoms with Crippen molar-refractivity contribution in [3.63, 3.8) is 0 Å². The van der Waals surface area contributed by atoms with Gasteiger partial charge in [-0.25, -0.2) is 0 Å². The molecule has 0 amide bonds. The molecule has 100 valence electrons. The minimum atomic E-state index is -3.46. The van der Waals surface area contributed by atoms with E-state index in [9.17, 15) is 9.77 Å². The Morgan fingerprint density at radius 2 is 1.76 bits per heavy atom. The third-order valence-electron chi connectivity index (χ3n) is 2.62. The molecule has 1 aliphatic rings. The highest BCUT2D eigenvalue weighted by Crippen LogP contribution is 2.60. The zero-order chi connectivity index (χ0) is 13.3. The van der Waals surface area contributed by atoms with Gasteiger partial charge in [0.2, 0.25) is 5.28 Å². The molecule has 0 radical (unpaired) electrons. The molecule has 1 N–H and O–H groups in total. The minimum Gasteiger partial charge on any atom is -0.628 e. The Balaban J connectivity index is 3.01. The summed E-state index contributed by atoms with van der Waals surface area (Å²) in [6, 6.07) is 0. The maximum atomic E-state index is 12.9. The predicted molar refractivity (Wildman–Crippen MR) is 66.5 cm³/mol. The maximum absolute atomic E-state index is 12.9. The van der Waals surface area contributed by atoms with Crippen molar-refractivity contribution >= 4 is 7.60 Å². The van der Waals surface area contributed by atoms with Crippen molar-refractivity contribution in [2.24, 2.45) is 0 Å². The second kappa shape index (κ2) is 5.21. The lowest BCUT2D eigenvalue weighted by molar-refractivity contribution is -0.827. The zero-order valence-electron chi connectivity index (χ0n) is 11.1. The van der Waals surface area contributed by atoms with E-state index in [-0.39, 0.29) is 17.3 Å². The zero-order valence-corrected chi connectivity index (χ0v) is 12.0. The van der Waals surface area contributed by atoms with Crippen LogP contribution in [0.25, 0.3) is 0 Å². The lowest BCUT2D eigenvalue weighted by Gasteiger charge is -2.39. The van der Waals surface area contributed by atoms with E-state index in [0.717, 1.165) is 0 Å². The highest BCUT2D eigenvalue weighted by molar-refractivity contribution is 7.55. The number of rotatable bonds is 5. The van der Waals surface area contributed by atoms with Crippen molar-refractivity contribution in [2.75, 3.05) is 0 Å². The van der Waals surface area contributed by atoms with Crippen molar-refractivity contribution in [3.8, 4) is 0 Å². The molecule has 0 saturated heterocycles. The number of hydroxylamine groups is 2. The first-order valence-corrected chi connectivity index (χ1v) is 7.43. The molecule has 0 saturated carbocycles. The van der Waals surface area contributed by atoms with E-state index in [1.807, 2.05) is 0 Å². The van der Waals surface area contributed by atoms with Gasteiger partial charge in [-0.1, -0.05) is 0 Å². The van der Waals surface area contributed by atoms with Gasteiger partial charge in [0, 0.05) is 13.3 Å². The maximum Gasteiger partial charge on any atom is 0.391 e. The lowest BCUT2D eigenvalue weighted by atomic mass is 10.3. The van der Waals surface area contributed by atoms with E-state index in [2.05, 4.69) is 0 Å². The Labute approximate surface area is 103 Å². The standard InChI is InChI=1S/C11H22NO4P/c1-9(2)15-17(14,16-10(3)4)11(5)7-6-8-12(11)13/h6,8-10,12H,7H2,1-5H3. The summed E-state index contributed by atoms with van der Waals surface area (Å²) >= 11 is 0. The lowest BCUT2D eigenvalue weighted by Crippen LogP contribution is -3.09. The van der Waals surface area contributed by atoms with Gasteiger partial charge in [0.1, 0.15) is 0 Å². The topological polar surface area (TPSA) is 63.0 Å². The third-order valence-corrected chi connectivity index (χ3v) is 5.63. The molecule has 2 atom stereocenters. The van der Waals surface area contributed by atoms with Crippen LogP contribution in [0.3, 0.4) is 0 Å². The first-order chi connectivity index (χ1) is 7.71. The summed E-state index contributed by atoms with van der Waals surface area (Å²) in [5.74, 6) is 0. The highest BCUT2D eigenvalue weighted by Gasteiger charge is 2.55. The van der Waals surface area contributed by atoms with Crippen LogP contribution in [0.4, 0.5) is 0 Å². The van der Waals surface area contributed by atoms with E-state index in [1.165, 1.54) is 6.20 Å². The SMILES string of the molecule is CC(C)OP(=O)(OC(C)C)C1(C)CC=C[NH+]1[O-]. The van der Waals surface area contributed by atoms with Crippen LogP contribution in [0, 0.1) is 5.21 Å². The van der Waals surface area contributed by atoms with Crippen molar-refractivity contribution in [1.29, 1.82) is 0 Å². The van der Waals surface area contributed by atoms with Gasteiger partial charge in [-0.05, 0) is 33.8 Å². The summed E-state index contributed by atoms with van der Waals surface area (Å²) in [5.41, 5.74) is 0. The van der Waals surface area contributed by atoms with Crippen LogP contribution in [0.2, 0.25) is 0 Å². The van der Waals surface area contributed by atoms with Gasteiger partial charge in [0.05, 0.1) is 18.4 Å². The van der Waals surface area contributed by atoms with Crippen molar-refractivity contribution in [1.82, 2.24) is 0 Å². The van der Waals surface area contributed by atoms with Gasteiger partial charge >= 0.3 is 7.60 Å². The van der Waals surface area contributed by atoms with E-state index in [4.69, 9.17) is 9.05 Å². The normalized spacial score (nSPS) is 29.5. The fourth-order valence-corrected chi connectivity index (χ4v) is 4.03. The van der Waals surface area contributed by atoms with Gasteiger partial charge in [-0.15, -0.1) is 0 Å². The summed E-state index contributed by atoms with van der Waals surface area (Å²) in [7, 11) is -3.46. The molecule has 1 aliphatic heterocycles. The number of quaternary nitrogens is 1. The van der Waals surface area contributed by atoms with E-state index in [1.54, 1.807) is 40.7 Å². The molecule has 5 nitrogen and oxygen atoms in total. The molecule has 6 heteroatoms. The fourth-order valence-electron chi connectivity index (χ4n) is 1.73. The molecule has 0 aliphatic carbocycles. The smallest absolute Gasteiger partial charge is 0.391 e. The Bertz CT molecular complexity index is 328. The first kappa shape index (κ1) is 14.9. The predicted octanol–water partition coefficient (Wildman–Crippen LogP) is 2.05. The molecule has 1 rings (SSSR count). The molecule has 0 aromatic carbocycles. The van der Waals surface area contributed by atoms with E-state index < -0.39 is 12.9 Å². The summed E-state index contributed by atoms with van der Waals surface area (Å²) in [6.45, 7) is 8.79. The molecule has 0 spiro atoms. The van der Waals surface area contributed by atoms with Crippen LogP contribution < -0.4 is 5.06 Å². The highest BCUT2D eigenvalue weighted by atomic mass is 31.2. The average molecular weight is 263 g/mol. The second-order valence-corrected chi connectivity index (χ2v) is 7.45. The number of hydrogen-bond donors (Lipinski definition) is 1. The largest absolute Gasteiger partial charge is 0.628 e. The van der Waals surface area contributed by atoms with Gasteiger partial charge in [0.25, 0.3) is 0 Å². The summed E-state index contributed by atoms with van der Waals surface area (Å²) in [5, 5.41) is 10.6. The Kier molecular flexibility index (Phi) is 4.55. The van der Waals surface area contributed by atoms with Gasteiger partial charge in [-0.3, -0.25) is 4.57 Å². The molecule has 2 unspecified atom stereocenters. The van der Waals surface area contributed by atoms with Crippen LogP contribution >= 0.6 is 7.60 Å². The average Bonchev–Trinajstić information content (AvgIpc) is 2.45. The second-order valence-electron chi connectivity index (χ2n) is 5.05. The monoisotopic (exact) mass is 263 g/mol. The van der Waals surface area contributed by atoms with Crippen LogP contribution in [-0.4, -0.2) is 17.5 Å². The minimum absolute atomic E-state index is 0.179. The van der Waals surface area contributed by atoms with Crippen LogP contribution in [0.5, 0.6) is 0 Å². The molecule has 0 fully saturated rings. The summed E-state index contributed by atoms with van der Waals surface area (Å²) in [6.07, 6.45) is 3.10. The molecular weight excluding hydrogens is 241 g/mol. The molecule has 0 bridgehead atoms. The van der Waals surface area contributed by atoms with Crippen molar-refractivity contribution in [2.45, 2.75) is 58.5 Å². The molecular formula is C11H22NO4P. The summed E-state index contributed by atoms with van der Waals surface area (Å²) < 4.78 is 23.8. The van der Waals surface area contributed by atoms with E-state index >= 15 is 0 Å². The molecule has 1 heterocycles. The van der Waals surface area contributed by atoms with Crippen molar-refractivity contribution < 1.29 is 18.7 Å². The van der Waals surface area contributed by atoms with Crippen molar-refractivity contribution in [3.05, 3.63) is 17.5 Å². The van der Waals surface area contributed by atoms with Crippen LogP contribution in [0.15, 0.2) is 12.3 Å². The Morgan fingerprint density at radius 3 is 2.06 bits per heavy atom. The fraction of sp³-hybridized carbons (Fsp3) is 0.818. The molecule has 0 aromatic rings. The quantitative estimate of drug-likeness (QED) is 0.609. The van der Waals surface area contributed by atoms with Crippen LogP contribution in [-0.2, 0) is 13.6 Å². The molecule has 17 heavy (non-hydrogen) atoms. The number of nitrogens with one attached hydrogen (secondary N) is 1. The van der Waals surface area contributed by atoms with Gasteiger partial charge < -0.3 is 19.3 Å². The third kappa shape index (κ3) is 2.98. The Morgan fingerprint density at radius 1 is 1.29 bits per heavy atom.